The van der Waals surface area contributed by atoms with Gasteiger partial charge in [0.2, 0.25) is 0 Å². The second-order valence-corrected chi connectivity index (χ2v) is 5.34. The van der Waals surface area contributed by atoms with Gasteiger partial charge in [-0.25, -0.2) is 0 Å². The van der Waals surface area contributed by atoms with Gasteiger partial charge in [-0.05, 0) is 39.4 Å². The van der Waals surface area contributed by atoms with Crippen molar-refractivity contribution in [3.63, 3.8) is 0 Å². The fraction of sp³-hybridized carbons (Fsp3) is 0.600. The Morgan fingerprint density at radius 3 is 2.33 bits per heavy atom. The fourth-order valence-corrected chi connectivity index (χ4v) is 1.82. The summed E-state index contributed by atoms with van der Waals surface area (Å²) in [4.78, 5) is 2.19. The number of rotatable bonds is 7. The molecule has 0 radical (unpaired) electrons. The average molecular weight is 251 g/mol. The molecule has 0 aromatic heterocycles. The van der Waals surface area contributed by atoms with Crippen LogP contribution in [0.1, 0.15) is 26.3 Å². The van der Waals surface area contributed by atoms with E-state index in [1.807, 2.05) is 38.1 Å². The summed E-state index contributed by atoms with van der Waals surface area (Å²) in [6.45, 7) is 10.9. The number of nitrogens with zero attached hydrogens (tertiary/aromatic N) is 1. The van der Waals surface area contributed by atoms with E-state index in [0.717, 1.165) is 18.8 Å². The highest BCUT2D eigenvalue weighted by atomic mass is 16.5. The van der Waals surface area contributed by atoms with Crippen molar-refractivity contribution in [2.75, 3.05) is 26.2 Å². The van der Waals surface area contributed by atoms with Crippen LogP contribution in [-0.2, 0) is 0 Å². The Hall–Kier alpha value is -1.06. The lowest BCUT2D eigenvalue weighted by Gasteiger charge is -2.27. The lowest BCUT2D eigenvalue weighted by molar-refractivity contribution is 0.0340. The molecular weight excluding hydrogens is 226 g/mol. The summed E-state index contributed by atoms with van der Waals surface area (Å²) < 4.78 is 5.68. The van der Waals surface area contributed by atoms with Crippen LogP contribution >= 0.6 is 0 Å². The maximum Gasteiger partial charge on any atom is 0.119 e. The lowest BCUT2D eigenvalue weighted by Crippen LogP contribution is -2.40. The molecule has 102 valence electrons. The first-order valence-electron chi connectivity index (χ1n) is 6.55. The van der Waals surface area contributed by atoms with Gasteiger partial charge in [0.1, 0.15) is 12.4 Å². The van der Waals surface area contributed by atoms with Gasteiger partial charge in [0, 0.05) is 13.1 Å². The van der Waals surface area contributed by atoms with E-state index in [1.165, 1.54) is 5.56 Å². The van der Waals surface area contributed by atoms with Crippen LogP contribution in [0.4, 0.5) is 0 Å². The highest BCUT2D eigenvalue weighted by Gasteiger charge is 2.16. The molecule has 0 aliphatic rings. The molecule has 1 aromatic rings. The zero-order valence-electron chi connectivity index (χ0n) is 11.9. The third-order valence-corrected chi connectivity index (χ3v) is 2.75. The van der Waals surface area contributed by atoms with Crippen molar-refractivity contribution >= 4 is 0 Å². The van der Waals surface area contributed by atoms with Crippen LogP contribution in [0.2, 0.25) is 0 Å². The number of aryl methyl sites for hydroxylation is 1. The monoisotopic (exact) mass is 251 g/mol. The van der Waals surface area contributed by atoms with Crippen molar-refractivity contribution in [2.45, 2.75) is 33.3 Å². The summed E-state index contributed by atoms with van der Waals surface area (Å²) in [5.74, 6) is 0.903. The molecule has 0 spiro atoms. The molecular formula is C15H25NO2. The van der Waals surface area contributed by atoms with Gasteiger partial charge in [-0.15, -0.1) is 0 Å². The first-order chi connectivity index (χ1) is 8.40. The smallest absolute Gasteiger partial charge is 0.119 e. The molecule has 0 aliphatic carbocycles. The molecule has 1 aromatic carbocycles. The van der Waals surface area contributed by atoms with E-state index in [1.54, 1.807) is 0 Å². The molecule has 3 heteroatoms. The number of hydrogen-bond acceptors (Lipinski definition) is 3. The molecule has 0 aliphatic heterocycles. The van der Waals surface area contributed by atoms with Gasteiger partial charge in [0.15, 0.2) is 0 Å². The average Bonchev–Trinajstić information content (AvgIpc) is 2.29. The molecule has 0 saturated heterocycles. The van der Waals surface area contributed by atoms with Crippen LogP contribution in [0.25, 0.3) is 0 Å². The Morgan fingerprint density at radius 2 is 1.83 bits per heavy atom. The van der Waals surface area contributed by atoms with E-state index in [0.29, 0.717) is 13.2 Å². The van der Waals surface area contributed by atoms with E-state index in [4.69, 9.17) is 4.74 Å². The Morgan fingerprint density at radius 1 is 1.22 bits per heavy atom. The topological polar surface area (TPSA) is 32.7 Å². The van der Waals surface area contributed by atoms with Gasteiger partial charge < -0.3 is 9.84 Å². The van der Waals surface area contributed by atoms with Crippen LogP contribution in [0.15, 0.2) is 24.3 Å². The molecule has 1 rings (SSSR count). The molecule has 0 fully saturated rings. The van der Waals surface area contributed by atoms with Gasteiger partial charge in [-0.1, -0.05) is 24.6 Å². The van der Waals surface area contributed by atoms with Crippen LogP contribution in [0.3, 0.4) is 0 Å². The minimum Gasteiger partial charge on any atom is -0.492 e. The zero-order valence-corrected chi connectivity index (χ0v) is 11.9. The first kappa shape index (κ1) is 15.0. The lowest BCUT2D eigenvalue weighted by atomic mass is 10.1. The molecule has 0 amide bonds. The summed E-state index contributed by atoms with van der Waals surface area (Å²) in [6, 6.07) is 8.07. The molecule has 0 unspecified atom stereocenters. The summed E-state index contributed by atoms with van der Waals surface area (Å²) in [5, 5.41) is 9.78. The van der Waals surface area contributed by atoms with E-state index in [2.05, 4.69) is 18.7 Å². The second kappa shape index (κ2) is 6.76. The van der Waals surface area contributed by atoms with Crippen molar-refractivity contribution in [1.29, 1.82) is 0 Å². The quantitative estimate of drug-likeness (QED) is 0.808. The van der Waals surface area contributed by atoms with Crippen molar-refractivity contribution in [1.82, 2.24) is 4.90 Å². The van der Waals surface area contributed by atoms with E-state index < -0.39 is 5.60 Å². The van der Waals surface area contributed by atoms with E-state index >= 15 is 0 Å². The predicted octanol–water partition coefficient (Wildman–Crippen LogP) is 2.47. The minimum atomic E-state index is -0.653. The zero-order chi connectivity index (χ0) is 13.6. The Labute approximate surface area is 110 Å². The maximum atomic E-state index is 9.78. The highest BCUT2D eigenvalue weighted by molar-refractivity contribution is 5.26. The normalized spacial score (nSPS) is 11.9. The largest absolute Gasteiger partial charge is 0.492 e. The van der Waals surface area contributed by atoms with Gasteiger partial charge >= 0.3 is 0 Å². The van der Waals surface area contributed by atoms with E-state index in [9.17, 15) is 5.11 Å². The molecule has 0 atom stereocenters. The standard InChI is InChI=1S/C15H25NO2/c1-5-16(12-15(3,4)17)10-11-18-14-8-6-13(2)7-9-14/h6-9,17H,5,10-12H2,1-4H3. The number of hydrogen-bond donors (Lipinski definition) is 1. The van der Waals surface area contributed by atoms with Gasteiger partial charge in [-0.3, -0.25) is 4.90 Å². The summed E-state index contributed by atoms with van der Waals surface area (Å²) >= 11 is 0. The van der Waals surface area contributed by atoms with Crippen molar-refractivity contribution in [3.05, 3.63) is 29.8 Å². The minimum absolute atomic E-state index is 0.646. The molecule has 1 N–H and O–H groups in total. The number of benzene rings is 1. The fourth-order valence-electron chi connectivity index (χ4n) is 1.82. The predicted molar refractivity (Wildman–Crippen MR) is 75.1 cm³/mol. The summed E-state index contributed by atoms with van der Waals surface area (Å²) in [7, 11) is 0. The van der Waals surface area contributed by atoms with Gasteiger partial charge in [-0.2, -0.15) is 0 Å². The first-order valence-corrected chi connectivity index (χ1v) is 6.55. The van der Waals surface area contributed by atoms with Crippen molar-refractivity contribution in [2.24, 2.45) is 0 Å². The number of aliphatic hydroxyl groups is 1. The highest BCUT2D eigenvalue weighted by Crippen LogP contribution is 2.11. The van der Waals surface area contributed by atoms with Crippen LogP contribution < -0.4 is 4.74 Å². The molecule has 0 heterocycles. The molecule has 0 saturated carbocycles. The second-order valence-electron chi connectivity index (χ2n) is 5.34. The Bertz CT molecular complexity index is 341. The van der Waals surface area contributed by atoms with Crippen LogP contribution in [-0.4, -0.2) is 41.8 Å². The van der Waals surface area contributed by atoms with Crippen LogP contribution in [0.5, 0.6) is 5.75 Å². The Kier molecular flexibility index (Phi) is 5.63. The van der Waals surface area contributed by atoms with Crippen molar-refractivity contribution < 1.29 is 9.84 Å². The molecule has 3 nitrogen and oxygen atoms in total. The van der Waals surface area contributed by atoms with Gasteiger partial charge in [0.25, 0.3) is 0 Å². The van der Waals surface area contributed by atoms with Gasteiger partial charge in [0.05, 0.1) is 5.60 Å². The summed E-state index contributed by atoms with van der Waals surface area (Å²) in [6.07, 6.45) is 0. The third-order valence-electron chi connectivity index (χ3n) is 2.75. The number of likely N-dealkylation sites (N-methyl/N-ethyl adjacent to an activating group) is 1. The maximum absolute atomic E-state index is 9.78. The third kappa shape index (κ3) is 6.03. The van der Waals surface area contributed by atoms with Crippen LogP contribution in [0, 0.1) is 6.92 Å². The van der Waals surface area contributed by atoms with Crippen molar-refractivity contribution in [3.8, 4) is 5.75 Å². The Balaban J connectivity index is 2.33. The van der Waals surface area contributed by atoms with E-state index in [-0.39, 0.29) is 0 Å². The summed E-state index contributed by atoms with van der Waals surface area (Å²) in [5.41, 5.74) is 0.583. The molecule has 18 heavy (non-hydrogen) atoms. The number of ether oxygens (including phenoxy) is 1. The molecule has 0 bridgehead atoms. The SMILES string of the molecule is CCN(CCOc1ccc(C)cc1)CC(C)(C)O.